The molecular weight excluding hydrogens is 186 g/mol. The molecule has 1 aromatic heterocycles. The molecule has 1 aliphatic rings. The summed E-state index contributed by atoms with van der Waals surface area (Å²) in [5.41, 5.74) is 2.46. The molecule has 0 spiro atoms. The third-order valence-electron chi connectivity index (χ3n) is 3.01. The average Bonchev–Trinajstić information content (AvgIpc) is 2.63. The number of nitrogens with zero attached hydrogens (tertiary/aromatic N) is 1. The Balaban J connectivity index is 1.92. The Labute approximate surface area is 91.3 Å². The number of aromatic nitrogens is 1. The highest BCUT2D eigenvalue weighted by atomic mass is 15.1. The van der Waals surface area contributed by atoms with E-state index in [2.05, 4.69) is 34.7 Å². The van der Waals surface area contributed by atoms with Crippen molar-refractivity contribution in [2.24, 2.45) is 0 Å². The fraction of sp³-hybridized carbons (Fsp3) is 0.583. The van der Waals surface area contributed by atoms with E-state index < -0.39 is 0 Å². The van der Waals surface area contributed by atoms with Crippen LogP contribution in [0.1, 0.15) is 24.7 Å². The van der Waals surface area contributed by atoms with Crippen LogP contribution in [-0.2, 0) is 6.54 Å². The number of hydrogen-bond acceptors (Lipinski definition) is 3. The van der Waals surface area contributed by atoms with Gasteiger partial charge in [-0.15, -0.1) is 0 Å². The second-order valence-corrected chi connectivity index (χ2v) is 4.61. The lowest BCUT2D eigenvalue weighted by molar-refractivity contribution is 0.383. The predicted molar refractivity (Wildman–Crippen MR) is 61.7 cm³/mol. The molecule has 0 aliphatic carbocycles. The van der Waals surface area contributed by atoms with Gasteiger partial charge in [0.1, 0.15) is 0 Å². The zero-order valence-electron chi connectivity index (χ0n) is 9.51. The minimum absolute atomic E-state index is 0.241. The van der Waals surface area contributed by atoms with Crippen LogP contribution in [0, 0.1) is 6.92 Å². The van der Waals surface area contributed by atoms with Crippen molar-refractivity contribution in [3.8, 4) is 0 Å². The lowest BCUT2D eigenvalue weighted by Crippen LogP contribution is -2.43. The highest BCUT2D eigenvalue weighted by Gasteiger charge is 2.27. The summed E-state index contributed by atoms with van der Waals surface area (Å²) in [7, 11) is 0. The van der Waals surface area contributed by atoms with Gasteiger partial charge in [0.25, 0.3) is 0 Å². The number of rotatable bonds is 3. The van der Waals surface area contributed by atoms with Crippen LogP contribution in [0.5, 0.6) is 0 Å². The molecule has 0 radical (unpaired) electrons. The van der Waals surface area contributed by atoms with Crippen LogP contribution in [0.15, 0.2) is 18.2 Å². The van der Waals surface area contributed by atoms with E-state index in [1.165, 1.54) is 6.42 Å². The Morgan fingerprint density at radius 1 is 1.53 bits per heavy atom. The normalized spacial score (nSPS) is 25.7. The van der Waals surface area contributed by atoms with Crippen molar-refractivity contribution < 1.29 is 0 Å². The molecule has 0 aromatic carbocycles. The molecule has 1 saturated heterocycles. The van der Waals surface area contributed by atoms with Crippen LogP contribution in [0.3, 0.4) is 0 Å². The lowest BCUT2D eigenvalue weighted by atomic mass is 10.0. The first kappa shape index (κ1) is 10.6. The Morgan fingerprint density at radius 2 is 2.40 bits per heavy atom. The predicted octanol–water partition coefficient (Wildman–Crippen LogP) is 1.23. The number of aryl methyl sites for hydroxylation is 1. The van der Waals surface area contributed by atoms with Crippen LogP contribution in [0.4, 0.5) is 0 Å². The van der Waals surface area contributed by atoms with Crippen LogP contribution >= 0.6 is 0 Å². The topological polar surface area (TPSA) is 37.0 Å². The third-order valence-corrected chi connectivity index (χ3v) is 3.01. The molecule has 1 fully saturated rings. The van der Waals surface area contributed by atoms with E-state index in [-0.39, 0.29) is 5.54 Å². The van der Waals surface area contributed by atoms with Crippen molar-refractivity contribution in [2.45, 2.75) is 32.4 Å². The standard InChI is InChI=1S/C12H19N3/c1-10-4-3-5-11(15-10)8-14-12(2)6-7-13-9-12/h3-5,13-14H,6-9H2,1-2H3. The Hall–Kier alpha value is -0.930. The monoisotopic (exact) mass is 205 g/mol. The highest BCUT2D eigenvalue weighted by molar-refractivity contribution is 5.10. The second-order valence-electron chi connectivity index (χ2n) is 4.61. The maximum Gasteiger partial charge on any atom is 0.0545 e. The second kappa shape index (κ2) is 4.29. The van der Waals surface area contributed by atoms with Crippen LogP contribution < -0.4 is 10.6 Å². The number of hydrogen-bond donors (Lipinski definition) is 2. The summed E-state index contributed by atoms with van der Waals surface area (Å²) < 4.78 is 0. The minimum Gasteiger partial charge on any atom is -0.315 e. The highest BCUT2D eigenvalue weighted by Crippen LogP contribution is 2.13. The molecule has 3 nitrogen and oxygen atoms in total. The van der Waals surface area contributed by atoms with E-state index >= 15 is 0 Å². The molecule has 82 valence electrons. The Kier molecular flexibility index (Phi) is 3.03. The van der Waals surface area contributed by atoms with Crippen molar-refractivity contribution in [2.75, 3.05) is 13.1 Å². The van der Waals surface area contributed by atoms with E-state index in [0.29, 0.717) is 0 Å². The fourth-order valence-corrected chi connectivity index (χ4v) is 1.97. The quantitative estimate of drug-likeness (QED) is 0.779. The Bertz CT molecular complexity index is 329. The van der Waals surface area contributed by atoms with Crippen LogP contribution in [-0.4, -0.2) is 23.6 Å². The summed E-state index contributed by atoms with van der Waals surface area (Å²) >= 11 is 0. The molecule has 1 unspecified atom stereocenters. The van der Waals surface area contributed by atoms with Crippen molar-refractivity contribution in [3.63, 3.8) is 0 Å². The molecule has 2 heterocycles. The zero-order valence-corrected chi connectivity index (χ0v) is 9.51. The van der Waals surface area contributed by atoms with Gasteiger partial charge < -0.3 is 10.6 Å². The summed E-state index contributed by atoms with van der Waals surface area (Å²) in [6.45, 7) is 7.33. The first-order valence-corrected chi connectivity index (χ1v) is 5.56. The van der Waals surface area contributed by atoms with Crippen molar-refractivity contribution >= 4 is 0 Å². The molecule has 2 rings (SSSR count). The van der Waals surface area contributed by atoms with Gasteiger partial charge in [0.15, 0.2) is 0 Å². The SMILES string of the molecule is Cc1cccc(CNC2(C)CCNC2)n1. The van der Waals surface area contributed by atoms with Crippen LogP contribution in [0.2, 0.25) is 0 Å². The van der Waals surface area contributed by atoms with E-state index in [4.69, 9.17) is 0 Å². The fourth-order valence-electron chi connectivity index (χ4n) is 1.97. The summed E-state index contributed by atoms with van der Waals surface area (Å²) in [5.74, 6) is 0. The maximum atomic E-state index is 4.48. The van der Waals surface area contributed by atoms with Gasteiger partial charge in [0.05, 0.1) is 5.69 Å². The molecule has 2 N–H and O–H groups in total. The minimum atomic E-state index is 0.241. The molecule has 0 bridgehead atoms. The number of nitrogens with one attached hydrogen (secondary N) is 2. The largest absolute Gasteiger partial charge is 0.315 e. The molecular formula is C12H19N3. The van der Waals surface area contributed by atoms with E-state index in [1.54, 1.807) is 0 Å². The van der Waals surface area contributed by atoms with Gasteiger partial charge in [0, 0.05) is 24.3 Å². The van der Waals surface area contributed by atoms with E-state index in [9.17, 15) is 0 Å². The van der Waals surface area contributed by atoms with Gasteiger partial charge in [0.2, 0.25) is 0 Å². The van der Waals surface area contributed by atoms with Crippen molar-refractivity contribution in [1.82, 2.24) is 15.6 Å². The Morgan fingerprint density at radius 3 is 3.07 bits per heavy atom. The van der Waals surface area contributed by atoms with Gasteiger partial charge in [-0.2, -0.15) is 0 Å². The third kappa shape index (κ3) is 2.76. The van der Waals surface area contributed by atoms with E-state index in [0.717, 1.165) is 31.0 Å². The molecule has 1 aliphatic heterocycles. The number of pyridine rings is 1. The molecule has 1 aromatic rings. The zero-order chi connectivity index (χ0) is 10.7. The summed E-state index contributed by atoms with van der Waals surface area (Å²) in [6.07, 6.45) is 1.19. The average molecular weight is 205 g/mol. The van der Waals surface area contributed by atoms with Crippen LogP contribution in [0.25, 0.3) is 0 Å². The molecule has 15 heavy (non-hydrogen) atoms. The van der Waals surface area contributed by atoms with Gasteiger partial charge in [-0.25, -0.2) is 0 Å². The van der Waals surface area contributed by atoms with Gasteiger partial charge >= 0.3 is 0 Å². The lowest BCUT2D eigenvalue weighted by Gasteiger charge is -2.24. The van der Waals surface area contributed by atoms with Gasteiger partial charge in [-0.3, -0.25) is 4.98 Å². The summed E-state index contributed by atoms with van der Waals surface area (Å²) in [4.78, 5) is 4.48. The maximum absolute atomic E-state index is 4.48. The molecule has 1 atom stereocenters. The summed E-state index contributed by atoms with van der Waals surface area (Å²) in [5, 5.41) is 6.95. The van der Waals surface area contributed by atoms with Crippen molar-refractivity contribution in [3.05, 3.63) is 29.6 Å². The molecule has 0 amide bonds. The van der Waals surface area contributed by atoms with Crippen molar-refractivity contribution in [1.29, 1.82) is 0 Å². The van der Waals surface area contributed by atoms with Gasteiger partial charge in [-0.1, -0.05) is 6.07 Å². The first-order chi connectivity index (χ1) is 7.18. The van der Waals surface area contributed by atoms with Gasteiger partial charge in [-0.05, 0) is 38.9 Å². The smallest absolute Gasteiger partial charge is 0.0545 e. The molecule has 0 saturated carbocycles. The molecule has 3 heteroatoms. The van der Waals surface area contributed by atoms with E-state index in [1.807, 2.05) is 13.0 Å². The first-order valence-electron chi connectivity index (χ1n) is 5.56. The summed E-state index contributed by atoms with van der Waals surface area (Å²) in [6, 6.07) is 6.17.